The molecule has 0 spiro atoms. The van der Waals surface area contributed by atoms with Gasteiger partial charge >= 0.3 is 160 Å². The monoisotopic (exact) mass is 1030 g/mol. The van der Waals surface area contributed by atoms with Crippen LogP contribution in [-0.4, -0.2) is 73.4 Å². The van der Waals surface area contributed by atoms with E-state index in [0.717, 1.165) is 23.3 Å². The van der Waals surface area contributed by atoms with Gasteiger partial charge in [0.2, 0.25) is 0 Å². The van der Waals surface area contributed by atoms with Crippen molar-refractivity contribution < 1.29 is 212 Å². The Bertz CT molecular complexity index is 2740. The molecule has 0 atom stereocenters. The molecule has 23 heteroatoms. The second-order valence-electron chi connectivity index (χ2n) is 15.1. The van der Waals surface area contributed by atoms with Gasteiger partial charge in [-0.05, 0) is 99.0 Å². The summed E-state index contributed by atoms with van der Waals surface area (Å²) in [6.45, 7) is 8.55. The van der Waals surface area contributed by atoms with E-state index < -0.39 is 52.7 Å². The molecule has 0 radical (unpaired) electrons. The molecule has 3 aliphatic rings. The summed E-state index contributed by atoms with van der Waals surface area (Å²) in [5.74, 6) is 8.94. The molecule has 0 unspecified atom stereocenters. The molecule has 64 heavy (non-hydrogen) atoms. The minimum absolute atomic E-state index is 0. The van der Waals surface area contributed by atoms with Crippen molar-refractivity contribution in [3.63, 3.8) is 0 Å². The summed E-state index contributed by atoms with van der Waals surface area (Å²) in [5.41, 5.74) is 3.39. The topological polar surface area (TPSA) is 245 Å². The molecule has 0 amide bonds. The number of allylic oxidation sites excluding steroid dienone is 8. The molecule has 4 heterocycles. The number of pyridine rings is 1. The van der Waals surface area contributed by atoms with Gasteiger partial charge < -0.3 is 23.8 Å². The molecule has 0 saturated carbocycles. The van der Waals surface area contributed by atoms with Gasteiger partial charge in [-0.2, -0.15) is 4.33 Å². The van der Waals surface area contributed by atoms with Crippen LogP contribution >= 0.6 is 12.0 Å². The Morgan fingerprint density at radius 1 is 0.812 bits per heavy atom. The van der Waals surface area contributed by atoms with E-state index in [1.807, 2.05) is 69.2 Å². The van der Waals surface area contributed by atoms with Crippen molar-refractivity contribution in [3.8, 4) is 23.0 Å². The van der Waals surface area contributed by atoms with Gasteiger partial charge in [-0.1, -0.05) is 43.9 Å². The van der Waals surface area contributed by atoms with Crippen molar-refractivity contribution in [2.75, 3.05) is 18.1 Å². The fourth-order valence-corrected chi connectivity index (χ4v) is 8.31. The van der Waals surface area contributed by atoms with Crippen LogP contribution in [0.1, 0.15) is 70.1 Å². The third-order valence-corrected chi connectivity index (χ3v) is 12.3. The number of aromatic nitrogens is 1. The van der Waals surface area contributed by atoms with Gasteiger partial charge in [0, 0.05) is 56.5 Å². The van der Waals surface area contributed by atoms with Crippen LogP contribution in [0.25, 0.3) is 0 Å². The van der Waals surface area contributed by atoms with E-state index in [1.165, 1.54) is 6.20 Å². The van der Waals surface area contributed by atoms with Crippen molar-refractivity contribution in [3.05, 3.63) is 113 Å². The number of rotatable bonds is 16. The molecular weight excluding hydrogens is 986 g/mol. The maximum Gasteiger partial charge on any atom is 1.00 e. The molecular formula is C41H41K3N4O12S4. The Morgan fingerprint density at radius 3 is 2.09 bits per heavy atom. The second-order valence-corrected chi connectivity index (χ2v) is 20.0. The average Bonchev–Trinajstić information content (AvgIpc) is 3.58. The van der Waals surface area contributed by atoms with Crippen LogP contribution in [0.15, 0.2) is 111 Å². The van der Waals surface area contributed by atoms with Crippen LogP contribution in [0.5, 0.6) is 0 Å². The summed E-state index contributed by atoms with van der Waals surface area (Å²) in [6.07, 6.45) is 15.5. The van der Waals surface area contributed by atoms with Gasteiger partial charge in [0.15, 0.2) is 15.8 Å². The first-order valence-corrected chi connectivity index (χ1v) is 24.0. The van der Waals surface area contributed by atoms with Gasteiger partial charge in [-0.25, -0.2) is 34.8 Å². The Kier molecular flexibility index (Phi) is 24.9. The van der Waals surface area contributed by atoms with E-state index in [9.17, 15) is 44.2 Å². The minimum atomic E-state index is -4.83. The van der Waals surface area contributed by atoms with E-state index in [4.69, 9.17) is 9.98 Å². The van der Waals surface area contributed by atoms with Crippen molar-refractivity contribution in [1.82, 2.24) is 4.90 Å². The molecule has 0 aliphatic carbocycles. The van der Waals surface area contributed by atoms with Crippen LogP contribution in [-0.2, 0) is 51.7 Å². The number of hydrogen-bond donors (Lipinski definition) is 0. The molecule has 0 fully saturated rings. The zero-order valence-corrected chi connectivity index (χ0v) is 49.1. The van der Waals surface area contributed by atoms with E-state index >= 15 is 0 Å². The summed E-state index contributed by atoms with van der Waals surface area (Å²) in [6, 6.07) is 8.64. The van der Waals surface area contributed by atoms with Crippen LogP contribution in [0, 0.1) is 28.4 Å². The Hall–Kier alpha value is 0.199. The molecule has 2 aromatic rings. The number of unbranched alkanes of at least 4 members (excludes halogenated alkanes) is 2. The van der Waals surface area contributed by atoms with E-state index in [1.54, 1.807) is 46.2 Å². The number of fused-ring (bicyclic) bond motifs is 2. The van der Waals surface area contributed by atoms with Crippen LogP contribution in [0.4, 0.5) is 5.82 Å². The molecule has 0 N–H and O–H groups in total. The maximum absolute atomic E-state index is 11.2. The van der Waals surface area contributed by atoms with E-state index in [0.29, 0.717) is 58.3 Å². The Morgan fingerprint density at radius 2 is 1.47 bits per heavy atom. The van der Waals surface area contributed by atoms with Crippen molar-refractivity contribution in [1.29, 1.82) is 0 Å². The summed E-state index contributed by atoms with van der Waals surface area (Å²) < 4.78 is 107. The molecule has 1 aromatic carbocycles. The van der Waals surface area contributed by atoms with Gasteiger partial charge in [-0.15, -0.1) is 0 Å². The van der Waals surface area contributed by atoms with Gasteiger partial charge in [0.05, 0.1) is 61.1 Å². The van der Waals surface area contributed by atoms with Crippen LogP contribution < -0.4 is 164 Å². The number of nitrogens with zero attached hydrogens (tertiary/aromatic N) is 4. The maximum atomic E-state index is 11.2. The van der Waals surface area contributed by atoms with Crippen molar-refractivity contribution >= 4 is 59.8 Å². The normalized spacial score (nSPS) is 16.8. The molecule has 16 nitrogen and oxygen atoms in total. The van der Waals surface area contributed by atoms with Crippen LogP contribution in [0.2, 0.25) is 0 Å². The Balaban J connectivity index is 0.00000469. The van der Waals surface area contributed by atoms with E-state index in [-0.39, 0.29) is 179 Å². The first kappa shape index (κ1) is 60.3. The second kappa shape index (κ2) is 26.4. The predicted molar refractivity (Wildman–Crippen MR) is 223 cm³/mol. The summed E-state index contributed by atoms with van der Waals surface area (Å²) in [5, 5.41) is 15.2. The predicted octanol–water partition coefficient (Wildman–Crippen LogP) is -5.30. The Labute approximate surface area is 507 Å². The zero-order valence-electron chi connectivity index (χ0n) is 36.5. The quantitative estimate of drug-likeness (QED) is 0.0176. The fraction of sp³-hybridized carbons (Fsp3) is 0.341. The van der Waals surface area contributed by atoms with E-state index in [2.05, 4.69) is 27.1 Å². The number of benzene rings is 1. The smallest absolute Gasteiger partial charge is 0.748 e. The number of hydrogen-bond acceptors (Lipinski definition) is 16. The zero-order chi connectivity index (χ0) is 44.6. The molecule has 0 bridgehead atoms. The number of aliphatic imine (C=N–C) groups is 2. The molecule has 5 rings (SSSR count). The minimum Gasteiger partial charge on any atom is -0.748 e. The van der Waals surface area contributed by atoms with Gasteiger partial charge in [-0.3, -0.25) is 5.04 Å². The summed E-state index contributed by atoms with van der Waals surface area (Å²) in [7, 11) is -13.6. The van der Waals surface area contributed by atoms with Gasteiger partial charge in [0.1, 0.15) is 12.0 Å². The first-order valence-electron chi connectivity index (χ1n) is 18.7. The first-order chi connectivity index (χ1) is 28.6. The van der Waals surface area contributed by atoms with Crippen LogP contribution in [0.3, 0.4) is 0 Å². The van der Waals surface area contributed by atoms with Crippen molar-refractivity contribution in [2.24, 2.45) is 15.4 Å². The molecule has 1 aromatic heterocycles. The third kappa shape index (κ3) is 18.2. The fourth-order valence-electron chi connectivity index (χ4n) is 6.60. The SMILES string of the molecule is CC1(C)C2=CC(C#Cc3ccc(SOO[O-])cc3)=CN(CCCCS(=O)(=O)[O-])C2=N\C1=C/C=C/C=C/C1=Nc2c(cc(C#CS(=O)(=O)[O-])c[n+]2CCCCS(=O)(=O)[O-])C1(C)C.[K+].[K+].[K+]. The summed E-state index contributed by atoms with van der Waals surface area (Å²) >= 11 is 0.768. The largest absolute Gasteiger partial charge is 1.00 e. The average molecular weight is 1030 g/mol. The molecule has 0 saturated heterocycles. The molecule has 324 valence electrons. The summed E-state index contributed by atoms with van der Waals surface area (Å²) in [4.78, 5) is 12.4. The van der Waals surface area contributed by atoms with Crippen molar-refractivity contribution in [2.45, 2.75) is 70.2 Å². The standard InChI is InChI=1S/C41H44N4O12S4.3K/c1-40(2)34-26-31(15-14-30-16-18-33(19-17-30)58-57-56-46)28-44(21-8-10-23-59(47,48)49)38(34)42-36(40)12-6-5-7-13-37-41(3,4)35-27-32(20-25-61(53,54)55)29-45(39(35)43-37)22-9-11-24-60(50,51)52;;;/h5-7,12-13,16-19,26-29H,8-11,21-24H2,1-4H3,(H3-,46,47,48,49,50,51,52,53,54,55);;;/q;3*+1/p-3. The molecule has 3 aliphatic heterocycles. The number of aryl methyl sites for hydroxylation is 1. The number of amidine groups is 1. The third-order valence-electron chi connectivity index (χ3n) is 9.80. The van der Waals surface area contributed by atoms with Gasteiger partial charge in [0.25, 0.3) is 0 Å².